The Morgan fingerprint density at radius 3 is 2.75 bits per heavy atom. The van der Waals surface area contributed by atoms with Gasteiger partial charge in [0.05, 0.1) is 11.4 Å². The number of alkyl halides is 3. The summed E-state index contributed by atoms with van der Waals surface area (Å²) < 4.78 is 46.6. The fourth-order valence-electron chi connectivity index (χ4n) is 4.77. The lowest BCUT2D eigenvalue weighted by Crippen LogP contribution is -2.55. The highest BCUT2D eigenvalue weighted by atomic mass is 19.4. The van der Waals surface area contributed by atoms with Crippen LogP contribution >= 0.6 is 0 Å². The molecule has 0 radical (unpaired) electrons. The number of ether oxygens (including phenoxy) is 1. The van der Waals surface area contributed by atoms with Crippen molar-refractivity contribution in [2.24, 2.45) is 11.7 Å². The molecule has 0 saturated carbocycles. The summed E-state index contributed by atoms with van der Waals surface area (Å²) in [7, 11) is 0. The second-order valence-electron chi connectivity index (χ2n) is 9.10. The van der Waals surface area contributed by atoms with Gasteiger partial charge >= 0.3 is 6.18 Å². The van der Waals surface area contributed by atoms with E-state index in [0.717, 1.165) is 16.5 Å². The van der Waals surface area contributed by atoms with Crippen LogP contribution in [0.3, 0.4) is 0 Å². The van der Waals surface area contributed by atoms with Crippen LogP contribution in [-0.4, -0.2) is 55.0 Å². The molecule has 6 nitrogen and oxygen atoms in total. The predicted molar refractivity (Wildman–Crippen MR) is 116 cm³/mol. The SMILES string of the molecule is Cc1ccc(N2CC(NC(=O)CC3(N)CCOCC3)CC(C(F)(F)F)C2)c2cccnc12. The quantitative estimate of drug-likeness (QED) is 0.747. The van der Waals surface area contributed by atoms with Crippen molar-refractivity contribution in [1.29, 1.82) is 0 Å². The first-order chi connectivity index (χ1) is 15.1. The molecule has 2 aliphatic rings. The zero-order valence-corrected chi connectivity index (χ0v) is 18.1. The second kappa shape index (κ2) is 8.86. The fraction of sp³-hybridized carbons (Fsp3) is 0.565. The Kier molecular flexibility index (Phi) is 6.31. The average Bonchev–Trinajstić information content (AvgIpc) is 2.73. The molecule has 4 rings (SSSR count). The van der Waals surface area contributed by atoms with Crippen LogP contribution in [0.2, 0.25) is 0 Å². The number of halogens is 3. The number of nitrogens with zero attached hydrogens (tertiary/aromatic N) is 2. The van der Waals surface area contributed by atoms with Gasteiger partial charge in [-0.1, -0.05) is 6.07 Å². The minimum Gasteiger partial charge on any atom is -0.381 e. The highest BCUT2D eigenvalue weighted by Crippen LogP contribution is 2.37. The van der Waals surface area contributed by atoms with Crippen molar-refractivity contribution in [2.75, 3.05) is 31.2 Å². The van der Waals surface area contributed by atoms with Gasteiger partial charge in [-0.25, -0.2) is 0 Å². The number of pyridine rings is 1. The number of nitrogens with two attached hydrogens (primary N) is 1. The van der Waals surface area contributed by atoms with E-state index in [-0.39, 0.29) is 25.3 Å². The third-order valence-corrected chi connectivity index (χ3v) is 6.57. The molecule has 2 aromatic rings. The summed E-state index contributed by atoms with van der Waals surface area (Å²) in [6, 6.07) is 6.75. The molecule has 1 aromatic heterocycles. The van der Waals surface area contributed by atoms with Gasteiger partial charge in [0.25, 0.3) is 0 Å². The molecule has 3 heterocycles. The maximum Gasteiger partial charge on any atom is 0.393 e. The van der Waals surface area contributed by atoms with Crippen molar-refractivity contribution >= 4 is 22.5 Å². The van der Waals surface area contributed by atoms with Gasteiger partial charge in [-0.2, -0.15) is 13.2 Å². The van der Waals surface area contributed by atoms with Crippen LogP contribution in [0.1, 0.15) is 31.2 Å². The molecule has 9 heteroatoms. The fourth-order valence-corrected chi connectivity index (χ4v) is 4.77. The summed E-state index contributed by atoms with van der Waals surface area (Å²) >= 11 is 0. The minimum absolute atomic E-state index is 0.0843. The number of aryl methyl sites for hydroxylation is 1. The molecule has 2 aliphatic heterocycles. The van der Waals surface area contributed by atoms with Gasteiger partial charge in [-0.3, -0.25) is 9.78 Å². The monoisotopic (exact) mass is 450 g/mol. The van der Waals surface area contributed by atoms with Gasteiger partial charge < -0.3 is 20.7 Å². The smallest absolute Gasteiger partial charge is 0.381 e. The summed E-state index contributed by atoms with van der Waals surface area (Å²) in [5.74, 6) is -1.85. The molecule has 0 spiro atoms. The average molecular weight is 451 g/mol. The van der Waals surface area contributed by atoms with Crippen LogP contribution in [0.25, 0.3) is 10.9 Å². The molecule has 2 atom stereocenters. The molecule has 0 bridgehead atoms. The first-order valence-electron chi connectivity index (χ1n) is 11.0. The number of rotatable bonds is 4. The number of hydrogen-bond acceptors (Lipinski definition) is 5. The predicted octanol–water partition coefficient (Wildman–Crippen LogP) is 3.31. The number of anilines is 1. The summed E-state index contributed by atoms with van der Waals surface area (Å²) in [5, 5.41) is 3.64. The third-order valence-electron chi connectivity index (χ3n) is 6.57. The van der Waals surface area contributed by atoms with Crippen molar-refractivity contribution in [3.63, 3.8) is 0 Å². The lowest BCUT2D eigenvalue weighted by atomic mass is 9.87. The van der Waals surface area contributed by atoms with Gasteiger partial charge in [0, 0.05) is 61.6 Å². The number of nitrogens with one attached hydrogen (secondary N) is 1. The molecule has 32 heavy (non-hydrogen) atoms. The second-order valence-corrected chi connectivity index (χ2v) is 9.10. The molecular weight excluding hydrogens is 421 g/mol. The van der Waals surface area contributed by atoms with E-state index >= 15 is 0 Å². The van der Waals surface area contributed by atoms with Gasteiger partial charge in [0.1, 0.15) is 0 Å². The molecule has 3 N–H and O–H groups in total. The summed E-state index contributed by atoms with van der Waals surface area (Å²) in [6.07, 6.45) is -1.61. The Bertz CT molecular complexity index is 975. The van der Waals surface area contributed by atoms with Crippen LogP contribution in [0.4, 0.5) is 18.9 Å². The van der Waals surface area contributed by atoms with E-state index < -0.39 is 23.7 Å². The Morgan fingerprint density at radius 1 is 1.28 bits per heavy atom. The molecule has 2 saturated heterocycles. The van der Waals surface area contributed by atoms with E-state index in [9.17, 15) is 18.0 Å². The van der Waals surface area contributed by atoms with Crippen LogP contribution < -0.4 is 16.0 Å². The Labute approximate surface area is 185 Å². The van der Waals surface area contributed by atoms with Crippen molar-refractivity contribution in [3.05, 3.63) is 36.0 Å². The Balaban J connectivity index is 1.55. The standard InChI is InChI=1S/C23H29F3N4O2/c1-15-4-5-19(18-3-2-8-28-21(15)18)30-13-16(23(24,25)26)11-17(14-30)29-20(31)12-22(27)6-9-32-10-7-22/h2-5,8,16-17H,6-7,9-14,27H2,1H3,(H,29,31). The maximum atomic E-state index is 13.8. The first kappa shape index (κ1) is 22.8. The molecule has 1 aromatic carbocycles. The van der Waals surface area contributed by atoms with Crippen molar-refractivity contribution < 1.29 is 22.7 Å². The molecule has 2 fully saturated rings. The lowest BCUT2D eigenvalue weighted by Gasteiger charge is -2.41. The normalized spacial score (nSPS) is 23.8. The number of hydrogen-bond donors (Lipinski definition) is 2. The maximum absolute atomic E-state index is 13.8. The first-order valence-corrected chi connectivity index (χ1v) is 11.0. The van der Waals surface area contributed by atoms with E-state index in [1.165, 1.54) is 0 Å². The summed E-state index contributed by atoms with van der Waals surface area (Å²) in [4.78, 5) is 18.8. The summed E-state index contributed by atoms with van der Waals surface area (Å²) in [5.41, 5.74) is 8.08. The number of benzene rings is 1. The van der Waals surface area contributed by atoms with E-state index in [1.54, 1.807) is 17.2 Å². The van der Waals surface area contributed by atoms with Crippen molar-refractivity contribution in [1.82, 2.24) is 10.3 Å². The molecule has 0 aliphatic carbocycles. The minimum atomic E-state index is -4.35. The van der Waals surface area contributed by atoms with Crippen LogP contribution in [-0.2, 0) is 9.53 Å². The zero-order chi connectivity index (χ0) is 22.9. The van der Waals surface area contributed by atoms with Crippen LogP contribution in [0.5, 0.6) is 0 Å². The lowest BCUT2D eigenvalue weighted by molar-refractivity contribution is -0.178. The number of carbonyl (C=O) groups is 1. The van der Waals surface area contributed by atoms with E-state index in [0.29, 0.717) is 38.3 Å². The summed E-state index contributed by atoms with van der Waals surface area (Å²) in [6.45, 7) is 3.06. The van der Waals surface area contributed by atoms with Crippen LogP contribution in [0, 0.1) is 12.8 Å². The Morgan fingerprint density at radius 2 is 2.03 bits per heavy atom. The third kappa shape index (κ3) is 4.99. The Hall–Kier alpha value is -2.39. The molecule has 2 unspecified atom stereocenters. The highest BCUT2D eigenvalue weighted by molar-refractivity contribution is 5.93. The van der Waals surface area contributed by atoms with E-state index in [4.69, 9.17) is 10.5 Å². The van der Waals surface area contributed by atoms with Gasteiger partial charge in [0.15, 0.2) is 0 Å². The number of fused-ring (bicyclic) bond motifs is 1. The van der Waals surface area contributed by atoms with Gasteiger partial charge in [-0.15, -0.1) is 0 Å². The molecular formula is C23H29F3N4O2. The molecule has 1 amide bonds. The molecule has 174 valence electrons. The van der Waals surface area contributed by atoms with Crippen molar-refractivity contribution in [3.8, 4) is 0 Å². The largest absolute Gasteiger partial charge is 0.393 e. The van der Waals surface area contributed by atoms with E-state index in [1.807, 2.05) is 25.1 Å². The number of carbonyl (C=O) groups excluding carboxylic acids is 1. The van der Waals surface area contributed by atoms with Gasteiger partial charge in [-0.05, 0) is 49.9 Å². The van der Waals surface area contributed by atoms with Crippen LogP contribution in [0.15, 0.2) is 30.5 Å². The zero-order valence-electron chi connectivity index (χ0n) is 18.1. The topological polar surface area (TPSA) is 80.5 Å². The van der Waals surface area contributed by atoms with E-state index in [2.05, 4.69) is 10.3 Å². The number of amides is 1. The van der Waals surface area contributed by atoms with Gasteiger partial charge in [0.2, 0.25) is 5.91 Å². The highest BCUT2D eigenvalue weighted by Gasteiger charge is 2.45. The number of aromatic nitrogens is 1. The number of piperidine rings is 1. The van der Waals surface area contributed by atoms with Crippen molar-refractivity contribution in [2.45, 2.75) is 50.4 Å².